The Kier molecular flexibility index (Phi) is 7.81. The number of benzene rings is 3. The molecule has 0 N–H and O–H groups in total. The first-order valence-electron chi connectivity index (χ1n) is 10.7. The van der Waals surface area contributed by atoms with Crippen LogP contribution in [0.1, 0.15) is 61.2 Å². The van der Waals surface area contributed by atoms with Crippen LogP contribution in [-0.2, 0) is 11.2 Å². The van der Waals surface area contributed by atoms with Crippen molar-refractivity contribution in [2.45, 2.75) is 46.1 Å². The SMILES string of the molecule is CCCCc1ccc(OC(=O)c2ccc(-c3ccc(C(C)OCC)cc3)cc2)cc1. The number of carbonyl (C=O) groups excluding carboxylic acids is 1. The second kappa shape index (κ2) is 10.7. The number of rotatable bonds is 9. The second-order valence-electron chi connectivity index (χ2n) is 7.43. The van der Waals surface area contributed by atoms with E-state index >= 15 is 0 Å². The average molecular weight is 403 g/mol. The number of ether oxygens (including phenoxy) is 2. The Morgan fingerprint density at radius 3 is 2.00 bits per heavy atom. The molecule has 0 aromatic heterocycles. The van der Waals surface area contributed by atoms with Gasteiger partial charge in [-0.2, -0.15) is 0 Å². The highest BCUT2D eigenvalue weighted by Gasteiger charge is 2.10. The van der Waals surface area contributed by atoms with Gasteiger partial charge in [0.1, 0.15) is 5.75 Å². The van der Waals surface area contributed by atoms with E-state index in [0.717, 1.165) is 23.1 Å². The Balaban J connectivity index is 1.62. The first kappa shape index (κ1) is 21.8. The summed E-state index contributed by atoms with van der Waals surface area (Å²) in [7, 11) is 0. The molecule has 156 valence electrons. The van der Waals surface area contributed by atoms with E-state index in [9.17, 15) is 4.79 Å². The van der Waals surface area contributed by atoms with Crippen molar-refractivity contribution in [3.63, 3.8) is 0 Å². The summed E-state index contributed by atoms with van der Waals surface area (Å²) in [5.41, 5.74) is 5.12. The Bertz CT molecular complexity index is 925. The Hall–Kier alpha value is -2.91. The summed E-state index contributed by atoms with van der Waals surface area (Å²) < 4.78 is 11.2. The minimum atomic E-state index is -0.344. The van der Waals surface area contributed by atoms with Gasteiger partial charge in [0, 0.05) is 6.61 Å². The molecular weight excluding hydrogens is 372 g/mol. The molecule has 3 aromatic rings. The molecule has 30 heavy (non-hydrogen) atoms. The predicted octanol–water partition coefficient (Wildman–Crippen LogP) is 7.01. The van der Waals surface area contributed by atoms with Crippen molar-refractivity contribution in [1.82, 2.24) is 0 Å². The van der Waals surface area contributed by atoms with Crippen LogP contribution in [0, 0.1) is 0 Å². The van der Waals surface area contributed by atoms with Crippen molar-refractivity contribution in [1.29, 1.82) is 0 Å². The van der Waals surface area contributed by atoms with Gasteiger partial charge in [0.25, 0.3) is 0 Å². The Morgan fingerprint density at radius 1 is 0.833 bits per heavy atom. The molecule has 1 atom stereocenters. The van der Waals surface area contributed by atoms with Crippen LogP contribution < -0.4 is 4.74 Å². The van der Waals surface area contributed by atoms with Gasteiger partial charge in [0.15, 0.2) is 0 Å². The molecule has 0 radical (unpaired) electrons. The van der Waals surface area contributed by atoms with Crippen LogP contribution in [0.2, 0.25) is 0 Å². The normalized spacial score (nSPS) is 11.8. The fourth-order valence-corrected chi connectivity index (χ4v) is 3.36. The summed E-state index contributed by atoms with van der Waals surface area (Å²) in [6, 6.07) is 23.6. The van der Waals surface area contributed by atoms with E-state index in [1.165, 1.54) is 18.4 Å². The minimum absolute atomic E-state index is 0.0851. The molecule has 0 amide bonds. The molecule has 0 fully saturated rings. The van der Waals surface area contributed by atoms with E-state index in [0.29, 0.717) is 17.9 Å². The number of carbonyl (C=O) groups is 1. The lowest BCUT2D eigenvalue weighted by atomic mass is 10.0. The van der Waals surface area contributed by atoms with Gasteiger partial charge in [-0.15, -0.1) is 0 Å². The third kappa shape index (κ3) is 5.80. The zero-order valence-corrected chi connectivity index (χ0v) is 18.1. The third-order valence-corrected chi connectivity index (χ3v) is 5.20. The zero-order valence-electron chi connectivity index (χ0n) is 18.1. The lowest BCUT2D eigenvalue weighted by molar-refractivity contribution is 0.0734. The number of aryl methyl sites for hydroxylation is 1. The molecule has 3 nitrogen and oxygen atoms in total. The quantitative estimate of drug-likeness (QED) is 0.285. The van der Waals surface area contributed by atoms with Crippen LogP contribution in [0.3, 0.4) is 0 Å². The van der Waals surface area contributed by atoms with Crippen molar-refractivity contribution < 1.29 is 14.3 Å². The van der Waals surface area contributed by atoms with E-state index in [-0.39, 0.29) is 12.1 Å². The monoisotopic (exact) mass is 402 g/mol. The van der Waals surface area contributed by atoms with Gasteiger partial charge in [-0.25, -0.2) is 4.79 Å². The summed E-state index contributed by atoms with van der Waals surface area (Å²) >= 11 is 0. The molecule has 0 bridgehead atoms. The molecule has 0 spiro atoms. The first-order chi connectivity index (χ1) is 14.6. The molecule has 0 aliphatic rings. The van der Waals surface area contributed by atoms with Gasteiger partial charge < -0.3 is 9.47 Å². The molecule has 0 saturated carbocycles. The van der Waals surface area contributed by atoms with E-state index in [1.54, 1.807) is 0 Å². The van der Waals surface area contributed by atoms with Gasteiger partial charge in [-0.05, 0) is 73.2 Å². The molecular formula is C27H30O3. The van der Waals surface area contributed by atoms with E-state index in [2.05, 4.69) is 38.1 Å². The lowest BCUT2D eigenvalue weighted by Gasteiger charge is -2.12. The van der Waals surface area contributed by atoms with E-state index in [4.69, 9.17) is 9.47 Å². The summed E-state index contributed by atoms with van der Waals surface area (Å²) in [4.78, 5) is 12.5. The molecule has 3 heteroatoms. The van der Waals surface area contributed by atoms with Gasteiger partial charge in [0.05, 0.1) is 11.7 Å². The van der Waals surface area contributed by atoms with Gasteiger partial charge in [0.2, 0.25) is 0 Å². The average Bonchev–Trinajstić information content (AvgIpc) is 2.79. The van der Waals surface area contributed by atoms with Crippen LogP contribution in [-0.4, -0.2) is 12.6 Å². The number of esters is 1. The van der Waals surface area contributed by atoms with Crippen molar-refractivity contribution in [2.75, 3.05) is 6.61 Å². The number of hydrogen-bond acceptors (Lipinski definition) is 3. The van der Waals surface area contributed by atoms with Crippen molar-refractivity contribution in [2.24, 2.45) is 0 Å². The summed E-state index contributed by atoms with van der Waals surface area (Å²) in [5.74, 6) is 0.229. The third-order valence-electron chi connectivity index (χ3n) is 5.20. The first-order valence-corrected chi connectivity index (χ1v) is 10.7. The molecule has 0 aliphatic carbocycles. The summed E-state index contributed by atoms with van der Waals surface area (Å²) in [6.07, 6.45) is 3.47. The summed E-state index contributed by atoms with van der Waals surface area (Å²) in [5, 5.41) is 0. The highest BCUT2D eigenvalue weighted by atomic mass is 16.5. The van der Waals surface area contributed by atoms with Gasteiger partial charge in [-0.1, -0.05) is 61.9 Å². The van der Waals surface area contributed by atoms with E-state index < -0.39 is 0 Å². The van der Waals surface area contributed by atoms with Crippen LogP contribution in [0.25, 0.3) is 11.1 Å². The van der Waals surface area contributed by atoms with Crippen LogP contribution in [0.5, 0.6) is 5.75 Å². The fraction of sp³-hybridized carbons (Fsp3) is 0.296. The maximum atomic E-state index is 12.5. The number of hydrogen-bond donors (Lipinski definition) is 0. The van der Waals surface area contributed by atoms with Crippen LogP contribution in [0.4, 0.5) is 0 Å². The van der Waals surface area contributed by atoms with Gasteiger partial charge >= 0.3 is 5.97 Å². The molecule has 3 rings (SSSR count). The maximum absolute atomic E-state index is 12.5. The number of unbranched alkanes of at least 4 members (excludes halogenated alkanes) is 1. The van der Waals surface area contributed by atoms with Gasteiger partial charge in [-0.3, -0.25) is 0 Å². The van der Waals surface area contributed by atoms with Crippen molar-refractivity contribution >= 4 is 5.97 Å². The van der Waals surface area contributed by atoms with Crippen molar-refractivity contribution in [3.05, 3.63) is 89.5 Å². The largest absolute Gasteiger partial charge is 0.423 e. The molecule has 3 aromatic carbocycles. The van der Waals surface area contributed by atoms with Crippen molar-refractivity contribution in [3.8, 4) is 16.9 Å². The fourth-order valence-electron chi connectivity index (χ4n) is 3.36. The lowest BCUT2D eigenvalue weighted by Crippen LogP contribution is -2.08. The predicted molar refractivity (Wildman–Crippen MR) is 122 cm³/mol. The zero-order chi connectivity index (χ0) is 21.3. The van der Waals surface area contributed by atoms with Crippen LogP contribution in [0.15, 0.2) is 72.8 Å². The Labute approximate surface area is 179 Å². The highest BCUT2D eigenvalue weighted by Crippen LogP contribution is 2.24. The standard InChI is InChI=1S/C27H30O3/c1-4-6-7-21-8-18-26(19-9-21)30-27(28)25-16-14-24(15-17-25)23-12-10-22(11-13-23)20(3)29-5-2/h8-20H,4-7H2,1-3H3. The highest BCUT2D eigenvalue weighted by molar-refractivity contribution is 5.91. The second-order valence-corrected chi connectivity index (χ2v) is 7.43. The topological polar surface area (TPSA) is 35.5 Å². The Morgan fingerprint density at radius 2 is 1.43 bits per heavy atom. The molecule has 1 unspecified atom stereocenters. The van der Waals surface area contributed by atoms with Crippen LogP contribution >= 0.6 is 0 Å². The summed E-state index contributed by atoms with van der Waals surface area (Å²) in [6.45, 7) is 6.93. The van der Waals surface area contributed by atoms with E-state index in [1.807, 2.05) is 55.5 Å². The maximum Gasteiger partial charge on any atom is 0.343 e. The minimum Gasteiger partial charge on any atom is -0.423 e. The molecule has 0 heterocycles. The molecule has 0 saturated heterocycles. The molecule has 0 aliphatic heterocycles. The smallest absolute Gasteiger partial charge is 0.343 e.